The summed E-state index contributed by atoms with van der Waals surface area (Å²) in [6.45, 7) is 5.98. The summed E-state index contributed by atoms with van der Waals surface area (Å²) in [7, 11) is 0. The molecule has 14 heavy (non-hydrogen) atoms. The van der Waals surface area contributed by atoms with Gasteiger partial charge in [-0.25, -0.2) is 0 Å². The Hall–Kier alpha value is -0.690. The van der Waals surface area contributed by atoms with Crippen LogP contribution >= 0.6 is 11.8 Å². The first-order valence-electron chi connectivity index (χ1n) is 5.16. The van der Waals surface area contributed by atoms with Crippen LogP contribution in [0.1, 0.15) is 30.9 Å². The van der Waals surface area contributed by atoms with Gasteiger partial charge in [-0.2, -0.15) is 11.8 Å². The fourth-order valence-electron chi connectivity index (χ4n) is 1.19. The lowest BCUT2D eigenvalue weighted by Crippen LogP contribution is -1.83. The number of benzene rings is 1. The van der Waals surface area contributed by atoms with Gasteiger partial charge in [0.2, 0.25) is 0 Å². The molecule has 0 nitrogen and oxygen atoms in total. The van der Waals surface area contributed by atoms with Crippen molar-refractivity contribution in [2.75, 3.05) is 5.75 Å². The number of unbranched alkanes of at least 4 members (excludes halogenated alkanes) is 1. The first kappa shape index (κ1) is 11.4. The summed E-state index contributed by atoms with van der Waals surface area (Å²) in [5.74, 6) is 2.41. The summed E-state index contributed by atoms with van der Waals surface area (Å²) in [5, 5.41) is 0. The average Bonchev–Trinajstić information content (AvgIpc) is 2.25. The van der Waals surface area contributed by atoms with Gasteiger partial charge < -0.3 is 0 Å². The third kappa shape index (κ3) is 4.01. The topological polar surface area (TPSA) is 0 Å². The van der Waals surface area contributed by atoms with Crippen LogP contribution in [-0.4, -0.2) is 5.75 Å². The van der Waals surface area contributed by atoms with Crippen molar-refractivity contribution in [3.63, 3.8) is 0 Å². The standard InChI is InChI=1S/C13H18S/c1-3-5-10-14-11-13-8-6-12(4-2)7-9-13/h4,6-9H,2-3,5,10-11H2,1H3. The van der Waals surface area contributed by atoms with Gasteiger partial charge in [-0.3, -0.25) is 0 Å². The molecule has 1 aromatic rings. The third-order valence-corrected chi connectivity index (χ3v) is 3.24. The van der Waals surface area contributed by atoms with E-state index in [1.54, 1.807) is 0 Å². The molecule has 0 saturated heterocycles. The summed E-state index contributed by atoms with van der Waals surface area (Å²) >= 11 is 2.02. The van der Waals surface area contributed by atoms with Crippen LogP contribution in [0.15, 0.2) is 30.8 Å². The van der Waals surface area contributed by atoms with Gasteiger partial charge in [0, 0.05) is 5.75 Å². The Balaban J connectivity index is 2.32. The van der Waals surface area contributed by atoms with E-state index in [-0.39, 0.29) is 0 Å². The van der Waals surface area contributed by atoms with E-state index in [9.17, 15) is 0 Å². The fourth-order valence-corrected chi connectivity index (χ4v) is 2.25. The molecule has 0 aromatic heterocycles. The van der Waals surface area contributed by atoms with Crippen LogP contribution in [0.5, 0.6) is 0 Å². The lowest BCUT2D eigenvalue weighted by Gasteiger charge is -2.01. The predicted molar refractivity (Wildman–Crippen MR) is 67.6 cm³/mol. The molecule has 0 amide bonds. The van der Waals surface area contributed by atoms with E-state index < -0.39 is 0 Å². The Morgan fingerprint density at radius 1 is 1.29 bits per heavy atom. The maximum Gasteiger partial charge on any atom is 0.0184 e. The van der Waals surface area contributed by atoms with E-state index in [2.05, 4.69) is 37.8 Å². The number of hydrogen-bond donors (Lipinski definition) is 0. The Morgan fingerprint density at radius 2 is 2.00 bits per heavy atom. The van der Waals surface area contributed by atoms with Gasteiger partial charge in [-0.15, -0.1) is 0 Å². The summed E-state index contributed by atoms with van der Waals surface area (Å²) in [6.07, 6.45) is 4.51. The zero-order valence-corrected chi connectivity index (χ0v) is 9.65. The van der Waals surface area contributed by atoms with Gasteiger partial charge in [0.15, 0.2) is 0 Å². The van der Waals surface area contributed by atoms with Crippen molar-refractivity contribution in [2.45, 2.75) is 25.5 Å². The molecule has 0 aliphatic rings. The molecule has 0 radical (unpaired) electrons. The lowest BCUT2D eigenvalue weighted by molar-refractivity contribution is 0.896. The second-order valence-electron chi connectivity index (χ2n) is 3.35. The van der Waals surface area contributed by atoms with Gasteiger partial charge in [0.1, 0.15) is 0 Å². The lowest BCUT2D eigenvalue weighted by atomic mass is 10.1. The summed E-state index contributed by atoms with van der Waals surface area (Å²) < 4.78 is 0. The number of rotatable bonds is 6. The fraction of sp³-hybridized carbons (Fsp3) is 0.385. The van der Waals surface area contributed by atoms with Crippen molar-refractivity contribution >= 4 is 17.8 Å². The second-order valence-corrected chi connectivity index (χ2v) is 4.46. The highest BCUT2D eigenvalue weighted by atomic mass is 32.2. The van der Waals surface area contributed by atoms with Crippen LogP contribution in [-0.2, 0) is 5.75 Å². The number of thioether (sulfide) groups is 1. The minimum absolute atomic E-state index is 1.14. The van der Waals surface area contributed by atoms with Crippen molar-refractivity contribution in [1.82, 2.24) is 0 Å². The molecule has 0 spiro atoms. The first-order chi connectivity index (χ1) is 6.86. The minimum Gasteiger partial charge on any atom is -0.157 e. The van der Waals surface area contributed by atoms with Crippen LogP contribution in [0.25, 0.3) is 6.08 Å². The van der Waals surface area contributed by atoms with Gasteiger partial charge in [0.05, 0.1) is 0 Å². The average molecular weight is 206 g/mol. The van der Waals surface area contributed by atoms with Crippen molar-refractivity contribution in [1.29, 1.82) is 0 Å². The zero-order chi connectivity index (χ0) is 10.2. The highest BCUT2D eigenvalue weighted by molar-refractivity contribution is 7.98. The molecule has 0 fully saturated rings. The monoisotopic (exact) mass is 206 g/mol. The van der Waals surface area contributed by atoms with Crippen molar-refractivity contribution in [3.05, 3.63) is 42.0 Å². The molecule has 0 aliphatic heterocycles. The molecule has 0 atom stereocenters. The minimum atomic E-state index is 1.14. The van der Waals surface area contributed by atoms with Crippen molar-refractivity contribution in [3.8, 4) is 0 Å². The Labute approximate surface area is 91.4 Å². The van der Waals surface area contributed by atoms with E-state index >= 15 is 0 Å². The van der Waals surface area contributed by atoms with Crippen molar-refractivity contribution in [2.24, 2.45) is 0 Å². The second kappa shape index (κ2) is 6.72. The molecule has 1 heteroatoms. The molecule has 0 N–H and O–H groups in total. The molecule has 1 aromatic carbocycles. The number of hydrogen-bond acceptors (Lipinski definition) is 1. The summed E-state index contributed by atoms with van der Waals surface area (Å²) in [6, 6.07) is 8.64. The van der Waals surface area contributed by atoms with Crippen LogP contribution < -0.4 is 0 Å². The smallest absolute Gasteiger partial charge is 0.0184 e. The zero-order valence-electron chi connectivity index (χ0n) is 8.83. The van der Waals surface area contributed by atoms with Gasteiger partial charge in [-0.1, -0.05) is 50.3 Å². The Bertz CT molecular complexity index is 261. The van der Waals surface area contributed by atoms with Crippen LogP contribution in [0, 0.1) is 0 Å². The Morgan fingerprint density at radius 3 is 2.57 bits per heavy atom. The SMILES string of the molecule is C=Cc1ccc(CSCCCC)cc1. The van der Waals surface area contributed by atoms with Crippen LogP contribution in [0.2, 0.25) is 0 Å². The molecular weight excluding hydrogens is 188 g/mol. The van der Waals surface area contributed by atoms with Gasteiger partial charge >= 0.3 is 0 Å². The molecule has 76 valence electrons. The molecule has 0 saturated carbocycles. The largest absolute Gasteiger partial charge is 0.157 e. The van der Waals surface area contributed by atoms with Gasteiger partial charge in [0.25, 0.3) is 0 Å². The quantitative estimate of drug-likeness (QED) is 0.623. The normalized spacial score (nSPS) is 10.1. The first-order valence-corrected chi connectivity index (χ1v) is 6.31. The Kier molecular flexibility index (Phi) is 5.46. The van der Waals surface area contributed by atoms with E-state index in [0.717, 1.165) is 5.75 Å². The molecule has 1 rings (SSSR count). The maximum absolute atomic E-state index is 3.74. The van der Waals surface area contributed by atoms with E-state index in [4.69, 9.17) is 0 Å². The summed E-state index contributed by atoms with van der Waals surface area (Å²) in [5.41, 5.74) is 2.61. The molecule has 0 heterocycles. The van der Waals surface area contributed by atoms with Crippen LogP contribution in [0.4, 0.5) is 0 Å². The van der Waals surface area contributed by atoms with Crippen LogP contribution in [0.3, 0.4) is 0 Å². The highest BCUT2D eigenvalue weighted by Crippen LogP contribution is 2.14. The van der Waals surface area contributed by atoms with E-state index in [0.29, 0.717) is 0 Å². The maximum atomic E-state index is 3.74. The predicted octanol–water partition coefficient (Wildman–Crippen LogP) is 4.36. The van der Waals surface area contributed by atoms with E-state index in [1.807, 2.05) is 17.8 Å². The molecule has 0 unspecified atom stereocenters. The van der Waals surface area contributed by atoms with Crippen molar-refractivity contribution < 1.29 is 0 Å². The molecule has 0 bridgehead atoms. The molecular formula is C13H18S. The van der Waals surface area contributed by atoms with E-state index in [1.165, 1.54) is 29.7 Å². The third-order valence-electron chi connectivity index (χ3n) is 2.13. The summed E-state index contributed by atoms with van der Waals surface area (Å²) in [4.78, 5) is 0. The van der Waals surface area contributed by atoms with Gasteiger partial charge in [-0.05, 0) is 23.3 Å². The highest BCUT2D eigenvalue weighted by Gasteiger charge is 1.93. The molecule has 0 aliphatic carbocycles.